The van der Waals surface area contributed by atoms with E-state index in [-0.39, 0.29) is 0 Å². The Balaban J connectivity index is 1.39. The Hall–Kier alpha value is -2.31. The minimum atomic E-state index is 0.689. The van der Waals surface area contributed by atoms with Gasteiger partial charge in [-0.1, -0.05) is 18.2 Å². The van der Waals surface area contributed by atoms with Crippen LogP contribution in [0.5, 0.6) is 5.75 Å². The standard InChI is InChI=1S/C21H25N3O2S/c1-3-25-19-8-5-4-7-18(19)24-12-10-23(11-13-24)15-17-16(2)26-21(22-17)20-9-6-14-27-20/h4-9,14H,3,10-13,15H2,1-2H3. The van der Waals surface area contributed by atoms with Crippen LogP contribution in [-0.4, -0.2) is 42.7 Å². The number of thiophene rings is 1. The molecular formula is C21H25N3O2S. The van der Waals surface area contributed by atoms with Crippen LogP contribution in [0.2, 0.25) is 0 Å². The van der Waals surface area contributed by atoms with Crippen molar-refractivity contribution in [1.82, 2.24) is 9.88 Å². The molecule has 0 aliphatic carbocycles. The number of oxazole rings is 1. The molecule has 1 aromatic carbocycles. The third kappa shape index (κ3) is 4.01. The molecule has 0 unspecified atom stereocenters. The van der Waals surface area contributed by atoms with Gasteiger partial charge in [0.05, 0.1) is 22.9 Å². The van der Waals surface area contributed by atoms with Gasteiger partial charge in [0.1, 0.15) is 11.5 Å². The molecule has 4 rings (SSSR count). The smallest absolute Gasteiger partial charge is 0.236 e. The third-order valence-corrected chi connectivity index (χ3v) is 5.73. The molecule has 0 atom stereocenters. The number of aromatic nitrogens is 1. The van der Waals surface area contributed by atoms with E-state index in [1.165, 1.54) is 5.69 Å². The molecule has 0 saturated carbocycles. The van der Waals surface area contributed by atoms with Crippen LogP contribution in [0.4, 0.5) is 5.69 Å². The van der Waals surface area contributed by atoms with E-state index >= 15 is 0 Å². The summed E-state index contributed by atoms with van der Waals surface area (Å²) in [6.45, 7) is 9.53. The highest BCUT2D eigenvalue weighted by molar-refractivity contribution is 7.13. The van der Waals surface area contributed by atoms with Gasteiger partial charge in [-0.25, -0.2) is 4.98 Å². The number of aryl methyl sites for hydroxylation is 1. The fraction of sp³-hybridized carbons (Fsp3) is 0.381. The molecule has 6 heteroatoms. The minimum Gasteiger partial charge on any atom is -0.492 e. The average Bonchev–Trinajstić information content (AvgIpc) is 3.34. The number of rotatable bonds is 6. The zero-order chi connectivity index (χ0) is 18.6. The van der Waals surface area contributed by atoms with Crippen LogP contribution < -0.4 is 9.64 Å². The molecule has 5 nitrogen and oxygen atoms in total. The molecule has 142 valence electrons. The highest BCUT2D eigenvalue weighted by atomic mass is 32.1. The molecule has 27 heavy (non-hydrogen) atoms. The summed E-state index contributed by atoms with van der Waals surface area (Å²) >= 11 is 1.66. The Morgan fingerprint density at radius 3 is 2.67 bits per heavy atom. The molecule has 3 heterocycles. The maximum absolute atomic E-state index is 5.88. The lowest BCUT2D eigenvalue weighted by Gasteiger charge is -2.36. The number of hydrogen-bond acceptors (Lipinski definition) is 6. The predicted molar refractivity (Wildman–Crippen MR) is 110 cm³/mol. The van der Waals surface area contributed by atoms with Gasteiger partial charge in [0.2, 0.25) is 5.89 Å². The predicted octanol–water partition coefficient (Wildman–Crippen LogP) is 4.43. The van der Waals surface area contributed by atoms with Crippen molar-refractivity contribution in [2.45, 2.75) is 20.4 Å². The van der Waals surface area contributed by atoms with Crippen molar-refractivity contribution in [3.8, 4) is 16.5 Å². The van der Waals surface area contributed by atoms with E-state index in [9.17, 15) is 0 Å². The van der Waals surface area contributed by atoms with Crippen molar-refractivity contribution < 1.29 is 9.15 Å². The Morgan fingerprint density at radius 1 is 1.11 bits per heavy atom. The van der Waals surface area contributed by atoms with E-state index in [2.05, 4.69) is 28.0 Å². The summed E-state index contributed by atoms with van der Waals surface area (Å²) in [5, 5.41) is 2.05. The summed E-state index contributed by atoms with van der Waals surface area (Å²) in [4.78, 5) is 10.7. The molecule has 1 aliphatic rings. The van der Waals surface area contributed by atoms with Crippen LogP contribution in [0.3, 0.4) is 0 Å². The van der Waals surface area contributed by atoms with Crippen molar-refractivity contribution in [2.24, 2.45) is 0 Å². The van der Waals surface area contributed by atoms with Gasteiger partial charge in [0.15, 0.2) is 0 Å². The van der Waals surface area contributed by atoms with E-state index in [0.717, 1.165) is 60.7 Å². The van der Waals surface area contributed by atoms with Crippen molar-refractivity contribution >= 4 is 17.0 Å². The molecule has 1 fully saturated rings. The van der Waals surface area contributed by atoms with Crippen LogP contribution in [0, 0.1) is 6.92 Å². The Kier molecular flexibility index (Phi) is 5.45. The zero-order valence-electron chi connectivity index (χ0n) is 15.9. The van der Waals surface area contributed by atoms with Crippen LogP contribution >= 0.6 is 11.3 Å². The summed E-state index contributed by atoms with van der Waals surface area (Å²) in [5.41, 5.74) is 2.23. The Labute approximate surface area is 164 Å². The summed E-state index contributed by atoms with van der Waals surface area (Å²) in [5.74, 6) is 2.63. The average molecular weight is 384 g/mol. The maximum atomic E-state index is 5.88. The molecule has 0 bridgehead atoms. The molecule has 1 saturated heterocycles. The molecule has 2 aromatic heterocycles. The maximum Gasteiger partial charge on any atom is 0.236 e. The van der Waals surface area contributed by atoms with Gasteiger partial charge in [-0.05, 0) is 37.4 Å². The summed E-state index contributed by atoms with van der Waals surface area (Å²) < 4.78 is 11.7. The summed E-state index contributed by atoms with van der Waals surface area (Å²) in [7, 11) is 0. The number of benzene rings is 1. The van der Waals surface area contributed by atoms with Gasteiger partial charge in [-0.2, -0.15) is 0 Å². The van der Waals surface area contributed by atoms with Crippen molar-refractivity contribution in [1.29, 1.82) is 0 Å². The monoisotopic (exact) mass is 383 g/mol. The van der Waals surface area contributed by atoms with Gasteiger partial charge in [0, 0.05) is 32.7 Å². The van der Waals surface area contributed by atoms with Crippen LogP contribution in [0.15, 0.2) is 46.2 Å². The van der Waals surface area contributed by atoms with Crippen molar-refractivity contribution in [3.63, 3.8) is 0 Å². The first kappa shape index (κ1) is 18.1. The zero-order valence-corrected chi connectivity index (χ0v) is 16.7. The normalized spacial score (nSPS) is 15.3. The van der Waals surface area contributed by atoms with Crippen LogP contribution in [0.1, 0.15) is 18.4 Å². The van der Waals surface area contributed by atoms with Gasteiger partial charge in [-0.15, -0.1) is 11.3 Å². The number of anilines is 1. The Bertz CT molecular complexity index is 867. The third-order valence-electron chi connectivity index (χ3n) is 4.88. The molecule has 0 spiro atoms. The van der Waals surface area contributed by atoms with E-state index in [4.69, 9.17) is 14.1 Å². The number of piperazine rings is 1. The Morgan fingerprint density at radius 2 is 1.93 bits per heavy atom. The van der Waals surface area contributed by atoms with Gasteiger partial charge in [-0.3, -0.25) is 4.90 Å². The second-order valence-corrected chi connectivity index (χ2v) is 7.61. The fourth-order valence-electron chi connectivity index (χ4n) is 3.44. The van der Waals surface area contributed by atoms with Gasteiger partial charge in [0.25, 0.3) is 0 Å². The van der Waals surface area contributed by atoms with Crippen LogP contribution in [0.25, 0.3) is 10.8 Å². The lowest BCUT2D eigenvalue weighted by molar-refractivity contribution is 0.245. The molecular weight excluding hydrogens is 358 g/mol. The summed E-state index contributed by atoms with van der Waals surface area (Å²) in [6.07, 6.45) is 0. The van der Waals surface area contributed by atoms with Crippen molar-refractivity contribution in [2.75, 3.05) is 37.7 Å². The first-order valence-corrected chi connectivity index (χ1v) is 10.3. The SMILES string of the molecule is CCOc1ccccc1N1CCN(Cc2nc(-c3cccs3)oc2C)CC1. The lowest BCUT2D eigenvalue weighted by Crippen LogP contribution is -2.46. The highest BCUT2D eigenvalue weighted by Crippen LogP contribution is 2.30. The second-order valence-electron chi connectivity index (χ2n) is 6.66. The second kappa shape index (κ2) is 8.15. The minimum absolute atomic E-state index is 0.689. The van der Waals surface area contributed by atoms with Gasteiger partial charge >= 0.3 is 0 Å². The quantitative estimate of drug-likeness (QED) is 0.630. The number of para-hydroxylation sites is 2. The molecule has 3 aromatic rings. The van der Waals surface area contributed by atoms with E-state index in [0.29, 0.717) is 6.61 Å². The molecule has 0 radical (unpaired) electrons. The van der Waals surface area contributed by atoms with E-state index < -0.39 is 0 Å². The van der Waals surface area contributed by atoms with E-state index in [1.807, 2.05) is 37.4 Å². The van der Waals surface area contributed by atoms with Crippen LogP contribution in [-0.2, 0) is 6.54 Å². The largest absolute Gasteiger partial charge is 0.492 e. The molecule has 0 amide bonds. The highest BCUT2D eigenvalue weighted by Gasteiger charge is 2.22. The van der Waals surface area contributed by atoms with Crippen molar-refractivity contribution in [3.05, 3.63) is 53.2 Å². The number of ether oxygens (including phenoxy) is 1. The molecule has 1 aliphatic heterocycles. The fourth-order valence-corrected chi connectivity index (χ4v) is 4.08. The summed E-state index contributed by atoms with van der Waals surface area (Å²) in [6, 6.07) is 12.4. The van der Waals surface area contributed by atoms with E-state index in [1.54, 1.807) is 11.3 Å². The van der Waals surface area contributed by atoms with Gasteiger partial charge < -0.3 is 14.1 Å². The molecule has 0 N–H and O–H groups in total. The topological polar surface area (TPSA) is 41.7 Å². The lowest BCUT2D eigenvalue weighted by atomic mass is 10.2. The number of nitrogens with zero attached hydrogens (tertiary/aromatic N) is 3. The number of hydrogen-bond donors (Lipinski definition) is 0. The first-order valence-electron chi connectivity index (χ1n) is 9.44. The first-order chi connectivity index (χ1) is 13.2.